The van der Waals surface area contributed by atoms with E-state index in [4.69, 9.17) is 0 Å². The summed E-state index contributed by atoms with van der Waals surface area (Å²) >= 11 is 0. The summed E-state index contributed by atoms with van der Waals surface area (Å²) < 4.78 is 13.2. The minimum Gasteiger partial charge on any atom is -0.361 e. The predicted octanol–water partition coefficient (Wildman–Crippen LogP) is 4.60. The first-order valence-electron chi connectivity index (χ1n) is 8.82. The topological polar surface area (TPSA) is 36.1 Å². The van der Waals surface area contributed by atoms with Crippen LogP contribution in [0.1, 0.15) is 36.4 Å². The van der Waals surface area contributed by atoms with Crippen LogP contribution >= 0.6 is 0 Å². The number of hydrogen-bond donors (Lipinski definition) is 1. The van der Waals surface area contributed by atoms with E-state index in [0.717, 1.165) is 36.9 Å². The molecular weight excluding hydrogens is 315 g/mol. The minimum atomic E-state index is -0.237. The third-order valence-electron chi connectivity index (χ3n) is 5.11. The van der Waals surface area contributed by atoms with E-state index in [9.17, 15) is 9.18 Å². The molecule has 0 aliphatic carbocycles. The Balaban J connectivity index is 1.46. The van der Waals surface area contributed by atoms with Gasteiger partial charge in [-0.25, -0.2) is 4.39 Å². The van der Waals surface area contributed by atoms with Crippen molar-refractivity contribution in [2.24, 2.45) is 0 Å². The van der Waals surface area contributed by atoms with Crippen molar-refractivity contribution in [2.75, 3.05) is 6.54 Å². The summed E-state index contributed by atoms with van der Waals surface area (Å²) in [6, 6.07) is 14.8. The highest BCUT2D eigenvalue weighted by Gasteiger charge is 2.29. The van der Waals surface area contributed by atoms with Gasteiger partial charge >= 0.3 is 0 Å². The summed E-state index contributed by atoms with van der Waals surface area (Å²) in [5, 5.41) is 1.19. The number of hydrogen-bond acceptors (Lipinski definition) is 1. The van der Waals surface area contributed by atoms with Crippen molar-refractivity contribution >= 4 is 16.8 Å². The first-order valence-corrected chi connectivity index (χ1v) is 8.82. The lowest BCUT2D eigenvalue weighted by Gasteiger charge is -2.25. The smallest absolute Gasteiger partial charge is 0.223 e. The number of nitrogens with one attached hydrogen (secondary N) is 1. The van der Waals surface area contributed by atoms with Crippen molar-refractivity contribution < 1.29 is 9.18 Å². The number of aryl methyl sites for hydroxylation is 1. The summed E-state index contributed by atoms with van der Waals surface area (Å²) in [5.74, 6) is -0.0592. The molecule has 4 rings (SSSR count). The zero-order chi connectivity index (χ0) is 17.2. The SMILES string of the molecule is O=C(CCc1c[nH]c2ccccc12)N1CCC[C@H]1c1ccc(F)cc1. The van der Waals surface area contributed by atoms with E-state index in [0.29, 0.717) is 6.42 Å². The molecule has 0 unspecified atom stereocenters. The van der Waals surface area contributed by atoms with Crippen molar-refractivity contribution in [1.29, 1.82) is 0 Å². The number of rotatable bonds is 4. The van der Waals surface area contributed by atoms with Crippen molar-refractivity contribution in [1.82, 2.24) is 9.88 Å². The van der Waals surface area contributed by atoms with Crippen LogP contribution in [0.3, 0.4) is 0 Å². The number of carbonyl (C=O) groups excluding carboxylic acids is 1. The fraction of sp³-hybridized carbons (Fsp3) is 0.286. The van der Waals surface area contributed by atoms with E-state index < -0.39 is 0 Å². The number of amides is 1. The van der Waals surface area contributed by atoms with Crippen LogP contribution in [0.25, 0.3) is 10.9 Å². The third-order valence-corrected chi connectivity index (χ3v) is 5.11. The second kappa shape index (κ2) is 6.71. The molecule has 3 aromatic rings. The zero-order valence-corrected chi connectivity index (χ0v) is 14.0. The number of H-pyrrole nitrogens is 1. The van der Waals surface area contributed by atoms with E-state index in [1.807, 2.05) is 29.3 Å². The molecule has 3 nitrogen and oxygen atoms in total. The van der Waals surface area contributed by atoms with Gasteiger partial charge in [-0.15, -0.1) is 0 Å². The molecule has 1 aliphatic rings. The van der Waals surface area contributed by atoms with Gasteiger partial charge < -0.3 is 9.88 Å². The van der Waals surface area contributed by atoms with Gasteiger partial charge in [0.05, 0.1) is 6.04 Å². The Hall–Kier alpha value is -2.62. The molecule has 1 amide bonds. The molecule has 1 N–H and O–H groups in total. The molecule has 25 heavy (non-hydrogen) atoms. The van der Waals surface area contributed by atoms with E-state index >= 15 is 0 Å². The summed E-state index contributed by atoms with van der Waals surface area (Å²) in [6.07, 6.45) is 5.18. The van der Waals surface area contributed by atoms with Crippen molar-refractivity contribution in [3.8, 4) is 0 Å². The normalized spacial score (nSPS) is 17.3. The summed E-state index contributed by atoms with van der Waals surface area (Å²) in [5.41, 5.74) is 3.32. The van der Waals surface area contributed by atoms with E-state index in [-0.39, 0.29) is 17.8 Å². The molecule has 0 radical (unpaired) electrons. The maximum absolute atomic E-state index is 13.2. The Labute approximate surface area is 146 Å². The van der Waals surface area contributed by atoms with Gasteiger partial charge in [-0.1, -0.05) is 30.3 Å². The Morgan fingerprint density at radius 1 is 1.16 bits per heavy atom. The van der Waals surface area contributed by atoms with Gasteiger partial charge in [-0.3, -0.25) is 4.79 Å². The van der Waals surface area contributed by atoms with E-state index in [1.54, 1.807) is 12.1 Å². The number of benzene rings is 2. The Bertz CT molecular complexity index is 884. The quantitative estimate of drug-likeness (QED) is 0.742. The molecule has 1 saturated heterocycles. The van der Waals surface area contributed by atoms with Crippen LogP contribution in [0.2, 0.25) is 0 Å². The fourth-order valence-corrected chi connectivity index (χ4v) is 3.82. The van der Waals surface area contributed by atoms with Crippen LogP contribution in [0, 0.1) is 5.82 Å². The first-order chi connectivity index (χ1) is 12.2. The lowest BCUT2D eigenvalue weighted by atomic mass is 10.0. The average molecular weight is 336 g/mol. The predicted molar refractivity (Wildman–Crippen MR) is 96.7 cm³/mol. The second-order valence-corrected chi connectivity index (χ2v) is 6.66. The second-order valence-electron chi connectivity index (χ2n) is 6.66. The summed E-state index contributed by atoms with van der Waals surface area (Å²) in [7, 11) is 0. The van der Waals surface area contributed by atoms with Crippen LogP contribution in [0.5, 0.6) is 0 Å². The molecule has 1 aliphatic heterocycles. The van der Waals surface area contributed by atoms with Crippen molar-refractivity contribution in [3.63, 3.8) is 0 Å². The van der Waals surface area contributed by atoms with E-state index in [2.05, 4.69) is 11.1 Å². The van der Waals surface area contributed by atoms with Gasteiger partial charge in [0.2, 0.25) is 5.91 Å². The lowest BCUT2D eigenvalue weighted by Crippen LogP contribution is -2.30. The van der Waals surface area contributed by atoms with Gasteiger partial charge in [-0.05, 0) is 48.6 Å². The first kappa shape index (κ1) is 15.9. The number of aromatic nitrogens is 1. The summed E-state index contributed by atoms with van der Waals surface area (Å²) in [4.78, 5) is 18.0. The number of nitrogens with zero attached hydrogens (tertiary/aromatic N) is 1. The van der Waals surface area contributed by atoms with Gasteiger partial charge in [0.15, 0.2) is 0 Å². The molecule has 2 heterocycles. The lowest BCUT2D eigenvalue weighted by molar-refractivity contribution is -0.132. The molecule has 1 fully saturated rings. The number of carbonyl (C=O) groups is 1. The molecule has 0 spiro atoms. The fourth-order valence-electron chi connectivity index (χ4n) is 3.82. The average Bonchev–Trinajstić information content (AvgIpc) is 3.28. The summed E-state index contributed by atoms with van der Waals surface area (Å²) in [6.45, 7) is 0.786. The molecule has 1 atom stereocenters. The number of fused-ring (bicyclic) bond motifs is 1. The maximum atomic E-state index is 13.2. The van der Waals surface area contributed by atoms with Crippen LogP contribution in [0.15, 0.2) is 54.7 Å². The van der Waals surface area contributed by atoms with Crippen molar-refractivity contribution in [3.05, 3.63) is 71.7 Å². The monoisotopic (exact) mass is 336 g/mol. The molecule has 1 aromatic heterocycles. The van der Waals surface area contributed by atoms with Crippen molar-refractivity contribution in [2.45, 2.75) is 31.7 Å². The largest absolute Gasteiger partial charge is 0.361 e. The van der Waals surface area contributed by atoms with Gasteiger partial charge in [-0.2, -0.15) is 0 Å². The third kappa shape index (κ3) is 3.16. The molecular formula is C21H21FN2O. The Morgan fingerprint density at radius 3 is 2.80 bits per heavy atom. The molecule has 0 bridgehead atoms. The molecule has 4 heteroatoms. The highest BCUT2D eigenvalue weighted by molar-refractivity contribution is 5.84. The maximum Gasteiger partial charge on any atom is 0.223 e. The minimum absolute atomic E-state index is 0.0797. The zero-order valence-electron chi connectivity index (χ0n) is 14.0. The van der Waals surface area contributed by atoms with Gasteiger partial charge in [0.25, 0.3) is 0 Å². The number of likely N-dealkylation sites (tertiary alicyclic amines) is 1. The highest BCUT2D eigenvalue weighted by atomic mass is 19.1. The number of para-hydroxylation sites is 1. The highest BCUT2D eigenvalue weighted by Crippen LogP contribution is 2.32. The van der Waals surface area contributed by atoms with Gasteiger partial charge in [0, 0.05) is 30.1 Å². The van der Waals surface area contributed by atoms with E-state index in [1.165, 1.54) is 23.1 Å². The standard InChI is InChI=1S/C21H21FN2O/c22-17-10-7-15(8-11-17)20-6-3-13-24(20)21(25)12-9-16-14-23-19-5-2-1-4-18(16)19/h1-2,4-5,7-8,10-11,14,20,23H,3,6,9,12-13H2/t20-/m0/s1. The number of halogens is 1. The van der Waals surface area contributed by atoms with Crippen LogP contribution in [-0.4, -0.2) is 22.3 Å². The van der Waals surface area contributed by atoms with Crippen LogP contribution in [-0.2, 0) is 11.2 Å². The molecule has 0 saturated carbocycles. The molecule has 2 aromatic carbocycles. The van der Waals surface area contributed by atoms with Gasteiger partial charge in [0.1, 0.15) is 5.82 Å². The Morgan fingerprint density at radius 2 is 1.96 bits per heavy atom. The number of aromatic amines is 1. The molecule has 128 valence electrons. The van der Waals surface area contributed by atoms with Crippen LogP contribution < -0.4 is 0 Å². The Kier molecular flexibility index (Phi) is 4.26. The van der Waals surface area contributed by atoms with Crippen LogP contribution in [0.4, 0.5) is 4.39 Å².